The number of nitrogens with zero attached hydrogens (tertiary/aromatic N) is 3. The smallest absolute Gasteiger partial charge is 0.138 e. The second-order valence-corrected chi connectivity index (χ2v) is 2.84. The zero-order valence-electron chi connectivity index (χ0n) is 7.67. The summed E-state index contributed by atoms with van der Waals surface area (Å²) in [5.74, 6) is 0. The first-order valence-electron chi connectivity index (χ1n) is 4.31. The van der Waals surface area contributed by atoms with Crippen molar-refractivity contribution >= 4 is 6.08 Å². The summed E-state index contributed by atoms with van der Waals surface area (Å²) in [5, 5.41) is 4.05. The van der Waals surface area contributed by atoms with E-state index in [-0.39, 0.29) is 0 Å². The van der Waals surface area contributed by atoms with Crippen molar-refractivity contribution in [2.24, 2.45) is 0 Å². The molecule has 69 valence electrons. The fraction of sp³-hybridized carbons (Fsp3) is 0. The molecule has 0 amide bonds. The average Bonchev–Trinajstić information content (AvgIpc) is 2.71. The first-order valence-corrected chi connectivity index (χ1v) is 4.31. The Kier molecular flexibility index (Phi) is 2.40. The summed E-state index contributed by atoms with van der Waals surface area (Å²) in [6, 6.07) is 8.00. The second-order valence-electron chi connectivity index (χ2n) is 2.84. The molecule has 2 rings (SSSR count). The zero-order valence-corrected chi connectivity index (χ0v) is 7.67. The van der Waals surface area contributed by atoms with Crippen LogP contribution in [0.3, 0.4) is 0 Å². The van der Waals surface area contributed by atoms with Crippen molar-refractivity contribution in [2.75, 3.05) is 0 Å². The van der Waals surface area contributed by atoms with Crippen LogP contribution >= 0.6 is 0 Å². The molecule has 0 unspecified atom stereocenters. The van der Waals surface area contributed by atoms with Crippen LogP contribution in [0, 0.1) is 6.92 Å². The lowest BCUT2D eigenvalue weighted by Crippen LogP contribution is -1.93. The average molecular weight is 184 g/mol. The molecular formula is C11H10N3. The molecule has 1 radical (unpaired) electrons. The Labute approximate surface area is 82.7 Å². The Morgan fingerprint density at radius 2 is 2.29 bits per heavy atom. The standard InChI is InChI=1S/C11H10N3/c1-2-4-10-5-3-6-11(7-10)14-9-12-8-13-14/h2-9H,1H2/b4-2+. The Morgan fingerprint density at radius 1 is 1.36 bits per heavy atom. The van der Waals surface area contributed by atoms with Gasteiger partial charge in [0.1, 0.15) is 12.7 Å². The molecule has 1 aromatic carbocycles. The summed E-state index contributed by atoms with van der Waals surface area (Å²) in [7, 11) is 0. The molecule has 1 heterocycles. The van der Waals surface area contributed by atoms with E-state index in [0.717, 1.165) is 11.3 Å². The van der Waals surface area contributed by atoms with E-state index in [0.29, 0.717) is 0 Å². The fourth-order valence-electron chi connectivity index (χ4n) is 1.25. The van der Waals surface area contributed by atoms with E-state index in [2.05, 4.69) is 17.0 Å². The van der Waals surface area contributed by atoms with Gasteiger partial charge in [0.05, 0.1) is 5.69 Å². The Balaban J connectivity index is 2.40. The molecule has 0 aliphatic rings. The highest BCUT2D eigenvalue weighted by Gasteiger charge is 1.95. The molecule has 0 fully saturated rings. The van der Waals surface area contributed by atoms with Gasteiger partial charge in [-0.2, -0.15) is 5.10 Å². The largest absolute Gasteiger partial charge is 0.223 e. The van der Waals surface area contributed by atoms with Crippen molar-refractivity contribution < 1.29 is 0 Å². The van der Waals surface area contributed by atoms with Crippen LogP contribution in [0.5, 0.6) is 0 Å². The lowest BCUT2D eigenvalue weighted by molar-refractivity contribution is 0.879. The second kappa shape index (κ2) is 3.87. The molecule has 0 saturated carbocycles. The summed E-state index contributed by atoms with van der Waals surface area (Å²) in [6.45, 7) is 3.66. The minimum Gasteiger partial charge on any atom is -0.223 e. The molecule has 0 saturated heterocycles. The minimum absolute atomic E-state index is 0.998. The van der Waals surface area contributed by atoms with Crippen LogP contribution < -0.4 is 0 Å². The normalized spacial score (nSPS) is 10.9. The van der Waals surface area contributed by atoms with Gasteiger partial charge >= 0.3 is 0 Å². The molecule has 0 atom stereocenters. The molecule has 1 aromatic heterocycles. The Morgan fingerprint density at radius 3 is 3.00 bits per heavy atom. The quantitative estimate of drug-likeness (QED) is 0.715. The number of hydrogen-bond donors (Lipinski definition) is 0. The van der Waals surface area contributed by atoms with Crippen LogP contribution in [-0.4, -0.2) is 14.8 Å². The van der Waals surface area contributed by atoms with Gasteiger partial charge in [0, 0.05) is 0 Å². The fourth-order valence-corrected chi connectivity index (χ4v) is 1.25. The van der Waals surface area contributed by atoms with Gasteiger partial charge in [-0.05, 0) is 24.6 Å². The topological polar surface area (TPSA) is 30.7 Å². The van der Waals surface area contributed by atoms with E-state index < -0.39 is 0 Å². The third-order valence-corrected chi connectivity index (χ3v) is 1.86. The van der Waals surface area contributed by atoms with Gasteiger partial charge in [0.2, 0.25) is 0 Å². The lowest BCUT2D eigenvalue weighted by Gasteiger charge is -2.00. The van der Waals surface area contributed by atoms with E-state index >= 15 is 0 Å². The van der Waals surface area contributed by atoms with Crippen LogP contribution in [0.15, 0.2) is 43.0 Å². The van der Waals surface area contributed by atoms with Gasteiger partial charge < -0.3 is 0 Å². The van der Waals surface area contributed by atoms with Crippen LogP contribution in [0.25, 0.3) is 11.8 Å². The monoisotopic (exact) mass is 184 g/mol. The third kappa shape index (κ3) is 1.71. The van der Waals surface area contributed by atoms with Crippen molar-refractivity contribution in [1.29, 1.82) is 0 Å². The van der Waals surface area contributed by atoms with E-state index in [9.17, 15) is 0 Å². The molecule has 0 bridgehead atoms. The Bertz CT molecular complexity index is 430. The molecule has 0 spiro atoms. The van der Waals surface area contributed by atoms with Gasteiger partial charge in [-0.1, -0.05) is 24.3 Å². The summed E-state index contributed by atoms with van der Waals surface area (Å²) < 4.78 is 1.72. The maximum Gasteiger partial charge on any atom is 0.138 e. The van der Waals surface area contributed by atoms with Gasteiger partial charge in [0.25, 0.3) is 0 Å². The van der Waals surface area contributed by atoms with Gasteiger partial charge in [-0.3, -0.25) is 0 Å². The predicted octanol–water partition coefficient (Wildman–Crippen LogP) is 2.11. The number of aromatic nitrogens is 3. The third-order valence-electron chi connectivity index (χ3n) is 1.86. The van der Waals surface area contributed by atoms with Crippen molar-refractivity contribution in [2.45, 2.75) is 0 Å². The van der Waals surface area contributed by atoms with Crippen LogP contribution in [0.4, 0.5) is 0 Å². The van der Waals surface area contributed by atoms with Crippen LogP contribution in [0.2, 0.25) is 0 Å². The predicted molar refractivity (Wildman–Crippen MR) is 55.8 cm³/mol. The molecule has 14 heavy (non-hydrogen) atoms. The van der Waals surface area contributed by atoms with E-state index in [1.54, 1.807) is 17.1 Å². The van der Waals surface area contributed by atoms with Crippen molar-refractivity contribution in [3.05, 3.63) is 55.5 Å². The van der Waals surface area contributed by atoms with E-state index in [1.807, 2.05) is 30.3 Å². The molecule has 3 heteroatoms. The van der Waals surface area contributed by atoms with E-state index in [1.165, 1.54) is 6.33 Å². The molecule has 0 aliphatic carbocycles. The SMILES string of the molecule is [CH2]/C=C/c1cccc(-n2cncn2)c1. The summed E-state index contributed by atoms with van der Waals surface area (Å²) in [5.41, 5.74) is 2.10. The molecule has 3 nitrogen and oxygen atoms in total. The van der Waals surface area contributed by atoms with E-state index in [4.69, 9.17) is 0 Å². The Hall–Kier alpha value is -1.90. The van der Waals surface area contributed by atoms with Crippen molar-refractivity contribution in [3.63, 3.8) is 0 Å². The summed E-state index contributed by atoms with van der Waals surface area (Å²) in [6.07, 6.45) is 6.90. The van der Waals surface area contributed by atoms with Crippen LogP contribution in [0.1, 0.15) is 5.56 Å². The number of allylic oxidation sites excluding steroid dienone is 1. The lowest BCUT2D eigenvalue weighted by atomic mass is 10.2. The molecule has 0 N–H and O–H groups in total. The highest BCUT2D eigenvalue weighted by molar-refractivity contribution is 5.53. The highest BCUT2D eigenvalue weighted by atomic mass is 15.3. The van der Waals surface area contributed by atoms with Gasteiger partial charge in [-0.15, -0.1) is 0 Å². The highest BCUT2D eigenvalue weighted by Crippen LogP contribution is 2.09. The molecule has 2 aromatic rings. The van der Waals surface area contributed by atoms with Crippen molar-refractivity contribution in [1.82, 2.24) is 14.8 Å². The van der Waals surface area contributed by atoms with Gasteiger partial charge in [0.15, 0.2) is 0 Å². The summed E-state index contributed by atoms with van der Waals surface area (Å²) >= 11 is 0. The zero-order chi connectivity index (χ0) is 9.80. The number of hydrogen-bond acceptors (Lipinski definition) is 2. The van der Waals surface area contributed by atoms with Crippen LogP contribution in [-0.2, 0) is 0 Å². The molecule has 0 aliphatic heterocycles. The minimum atomic E-state index is 0.998. The maximum absolute atomic E-state index is 4.05. The maximum atomic E-state index is 4.05. The number of rotatable bonds is 2. The summed E-state index contributed by atoms with van der Waals surface area (Å²) in [4.78, 5) is 3.90. The number of benzene rings is 1. The first-order chi connectivity index (χ1) is 6.90. The van der Waals surface area contributed by atoms with Crippen molar-refractivity contribution in [3.8, 4) is 5.69 Å². The van der Waals surface area contributed by atoms with Gasteiger partial charge in [-0.25, -0.2) is 9.67 Å². The molecular weight excluding hydrogens is 174 g/mol. The first kappa shape index (κ1) is 8.69.